The van der Waals surface area contributed by atoms with E-state index in [0.717, 1.165) is 25.0 Å². The first-order valence-corrected chi connectivity index (χ1v) is 10.1. The Labute approximate surface area is 169 Å². The predicted molar refractivity (Wildman–Crippen MR) is 108 cm³/mol. The van der Waals surface area contributed by atoms with Crippen molar-refractivity contribution in [1.29, 1.82) is 0 Å². The second-order valence-electron chi connectivity index (χ2n) is 7.76. The van der Waals surface area contributed by atoms with Crippen LogP contribution in [0.15, 0.2) is 18.2 Å². The maximum Gasteiger partial charge on any atom is 0.291 e. The van der Waals surface area contributed by atoms with Gasteiger partial charge in [-0.05, 0) is 37.3 Å². The van der Waals surface area contributed by atoms with Gasteiger partial charge in [-0.25, -0.2) is 4.98 Å². The summed E-state index contributed by atoms with van der Waals surface area (Å²) in [5.41, 5.74) is 1.79. The van der Waals surface area contributed by atoms with Gasteiger partial charge >= 0.3 is 0 Å². The third kappa shape index (κ3) is 4.06. The van der Waals surface area contributed by atoms with Crippen LogP contribution in [0.1, 0.15) is 53.5 Å². The lowest BCUT2D eigenvalue weighted by molar-refractivity contribution is 0.0943. The highest BCUT2D eigenvalue weighted by Gasteiger charge is 2.27. The lowest BCUT2D eigenvalue weighted by Crippen LogP contribution is -2.29. The monoisotopic (exact) mass is 398 g/mol. The number of fused-ring (bicyclic) bond motifs is 2. The Balaban J connectivity index is 1.57. The summed E-state index contributed by atoms with van der Waals surface area (Å²) in [5, 5.41) is 5.78. The topological polar surface area (TPSA) is 94.5 Å². The van der Waals surface area contributed by atoms with Crippen molar-refractivity contribution in [3.8, 4) is 11.5 Å². The molecule has 0 bridgehead atoms. The number of carbonyl (C=O) groups excluding carboxylic acids is 2. The van der Waals surface area contributed by atoms with E-state index in [1.807, 2.05) is 18.4 Å². The minimum Gasteiger partial charge on any atom is -0.486 e. The number of nitrogens with zero attached hydrogens (tertiary/aromatic N) is 2. The third-order valence-corrected chi connectivity index (χ3v) is 5.01. The first-order chi connectivity index (χ1) is 14.0. The zero-order chi connectivity index (χ0) is 20.4. The van der Waals surface area contributed by atoms with Gasteiger partial charge in [0.15, 0.2) is 17.3 Å². The molecule has 2 aliphatic rings. The van der Waals surface area contributed by atoms with E-state index in [-0.39, 0.29) is 17.6 Å². The smallest absolute Gasteiger partial charge is 0.291 e. The van der Waals surface area contributed by atoms with E-state index in [2.05, 4.69) is 15.6 Å². The van der Waals surface area contributed by atoms with Crippen LogP contribution in [0.5, 0.6) is 11.5 Å². The molecule has 2 N–H and O–H groups in total. The normalized spacial score (nSPS) is 15.0. The van der Waals surface area contributed by atoms with E-state index in [9.17, 15) is 9.59 Å². The Kier molecular flexibility index (Phi) is 5.42. The maximum absolute atomic E-state index is 13.0. The summed E-state index contributed by atoms with van der Waals surface area (Å²) in [6.45, 7) is 6.32. The second kappa shape index (κ2) is 8.14. The van der Waals surface area contributed by atoms with E-state index in [0.29, 0.717) is 55.1 Å². The SMILES string of the molecule is CC(C)CNC(=O)c1nc(C(=O)Nc2ccc3c(c2)OCCO3)n2c1CCCC2. The standard InChI is InChI=1S/C21H26N4O4/c1-13(2)12-22-20(26)18-15-5-3-4-8-25(15)19(24-18)21(27)23-14-6-7-16-17(11-14)29-10-9-28-16/h6-7,11,13H,3-5,8-10,12H2,1-2H3,(H,22,26)(H,23,27). The van der Waals surface area contributed by atoms with Crippen molar-refractivity contribution in [2.24, 2.45) is 5.92 Å². The summed E-state index contributed by atoms with van der Waals surface area (Å²) < 4.78 is 13.0. The van der Waals surface area contributed by atoms with E-state index in [4.69, 9.17) is 9.47 Å². The molecule has 0 aliphatic carbocycles. The molecule has 154 valence electrons. The fourth-order valence-corrected chi connectivity index (χ4v) is 3.59. The van der Waals surface area contributed by atoms with Crippen molar-refractivity contribution in [1.82, 2.24) is 14.9 Å². The fourth-order valence-electron chi connectivity index (χ4n) is 3.59. The van der Waals surface area contributed by atoms with Crippen LogP contribution in [0.2, 0.25) is 0 Å². The average molecular weight is 398 g/mol. The molecule has 0 radical (unpaired) electrons. The lowest BCUT2D eigenvalue weighted by Gasteiger charge is -2.19. The number of amides is 2. The van der Waals surface area contributed by atoms with Gasteiger partial charge in [0, 0.05) is 24.8 Å². The largest absolute Gasteiger partial charge is 0.486 e. The van der Waals surface area contributed by atoms with Crippen LogP contribution in [0.25, 0.3) is 0 Å². The van der Waals surface area contributed by atoms with E-state index < -0.39 is 0 Å². The van der Waals surface area contributed by atoms with Gasteiger partial charge in [-0.2, -0.15) is 0 Å². The Morgan fingerprint density at radius 3 is 2.72 bits per heavy atom. The highest BCUT2D eigenvalue weighted by atomic mass is 16.6. The molecule has 3 heterocycles. The molecular weight excluding hydrogens is 372 g/mol. The van der Waals surface area contributed by atoms with Crippen molar-refractivity contribution in [2.75, 3.05) is 25.1 Å². The van der Waals surface area contributed by atoms with Crippen LogP contribution in [0.3, 0.4) is 0 Å². The van der Waals surface area contributed by atoms with Crippen LogP contribution in [-0.2, 0) is 13.0 Å². The number of nitrogens with one attached hydrogen (secondary N) is 2. The average Bonchev–Trinajstić information content (AvgIpc) is 3.12. The first-order valence-electron chi connectivity index (χ1n) is 10.1. The molecule has 1 aromatic heterocycles. The molecule has 0 atom stereocenters. The number of carbonyl (C=O) groups is 2. The fraction of sp³-hybridized carbons (Fsp3) is 0.476. The van der Waals surface area contributed by atoms with E-state index in [1.54, 1.807) is 18.2 Å². The number of aromatic nitrogens is 2. The molecular formula is C21H26N4O4. The van der Waals surface area contributed by atoms with Crippen LogP contribution in [0, 0.1) is 5.92 Å². The molecule has 8 heteroatoms. The van der Waals surface area contributed by atoms with Gasteiger partial charge in [0.25, 0.3) is 11.8 Å². The van der Waals surface area contributed by atoms with Gasteiger partial charge in [0.1, 0.15) is 18.9 Å². The quantitative estimate of drug-likeness (QED) is 0.807. The number of hydrogen-bond donors (Lipinski definition) is 2. The number of hydrogen-bond acceptors (Lipinski definition) is 5. The van der Waals surface area contributed by atoms with Gasteiger partial charge in [-0.1, -0.05) is 13.8 Å². The van der Waals surface area contributed by atoms with Gasteiger partial charge in [-0.15, -0.1) is 0 Å². The zero-order valence-electron chi connectivity index (χ0n) is 16.8. The van der Waals surface area contributed by atoms with Gasteiger partial charge in [-0.3, -0.25) is 9.59 Å². The number of benzene rings is 1. The molecule has 0 fully saturated rings. The van der Waals surface area contributed by atoms with Gasteiger partial charge in [0.2, 0.25) is 0 Å². The minimum atomic E-state index is -0.340. The van der Waals surface area contributed by atoms with Crippen molar-refractivity contribution in [3.05, 3.63) is 35.4 Å². The summed E-state index contributed by atoms with van der Waals surface area (Å²) in [6, 6.07) is 5.28. The molecule has 0 saturated heterocycles. The first kappa shape index (κ1) is 19.3. The van der Waals surface area contributed by atoms with Crippen LogP contribution in [-0.4, -0.2) is 41.1 Å². The molecule has 1 aromatic carbocycles. The molecule has 4 rings (SSSR count). The van der Waals surface area contributed by atoms with E-state index in [1.165, 1.54) is 0 Å². The Morgan fingerprint density at radius 2 is 1.93 bits per heavy atom. The number of rotatable bonds is 5. The molecule has 0 spiro atoms. The van der Waals surface area contributed by atoms with E-state index >= 15 is 0 Å². The summed E-state index contributed by atoms with van der Waals surface area (Å²) in [5.74, 6) is 1.32. The minimum absolute atomic E-state index is 0.220. The van der Waals surface area contributed by atoms with Crippen molar-refractivity contribution >= 4 is 17.5 Å². The van der Waals surface area contributed by atoms with Crippen molar-refractivity contribution < 1.29 is 19.1 Å². The summed E-state index contributed by atoms with van der Waals surface area (Å²) in [4.78, 5) is 30.0. The summed E-state index contributed by atoms with van der Waals surface area (Å²) in [7, 11) is 0. The van der Waals surface area contributed by atoms with Crippen molar-refractivity contribution in [2.45, 2.75) is 39.7 Å². The Bertz CT molecular complexity index is 935. The number of anilines is 1. The molecule has 0 unspecified atom stereocenters. The molecule has 2 aliphatic heterocycles. The molecule has 2 aromatic rings. The van der Waals surface area contributed by atoms with Gasteiger partial charge in [0.05, 0.1) is 5.69 Å². The Hall–Kier alpha value is -3.03. The second-order valence-corrected chi connectivity index (χ2v) is 7.76. The van der Waals surface area contributed by atoms with Crippen LogP contribution >= 0.6 is 0 Å². The lowest BCUT2D eigenvalue weighted by atomic mass is 10.1. The number of ether oxygens (including phenoxy) is 2. The maximum atomic E-state index is 13.0. The highest BCUT2D eigenvalue weighted by molar-refractivity contribution is 6.03. The van der Waals surface area contributed by atoms with Crippen LogP contribution < -0.4 is 20.1 Å². The molecule has 8 nitrogen and oxygen atoms in total. The number of imidazole rings is 1. The highest BCUT2D eigenvalue weighted by Crippen LogP contribution is 2.33. The molecule has 0 saturated carbocycles. The zero-order valence-corrected chi connectivity index (χ0v) is 16.8. The molecule has 2 amide bonds. The van der Waals surface area contributed by atoms with Crippen molar-refractivity contribution in [3.63, 3.8) is 0 Å². The predicted octanol–water partition coefficient (Wildman–Crippen LogP) is 2.63. The third-order valence-electron chi connectivity index (χ3n) is 5.01. The Morgan fingerprint density at radius 1 is 1.14 bits per heavy atom. The summed E-state index contributed by atoms with van der Waals surface area (Å²) in [6.07, 6.45) is 2.69. The molecule has 29 heavy (non-hydrogen) atoms. The van der Waals surface area contributed by atoms with Crippen LogP contribution in [0.4, 0.5) is 5.69 Å². The van der Waals surface area contributed by atoms with Gasteiger partial charge < -0.3 is 24.7 Å². The summed E-state index contributed by atoms with van der Waals surface area (Å²) >= 11 is 0.